The smallest absolute Gasteiger partial charge is 0.306 e. The van der Waals surface area contributed by atoms with Crippen LogP contribution in [0, 0.1) is 0 Å². The van der Waals surface area contributed by atoms with Crippen molar-refractivity contribution >= 4 is 17.9 Å². The molecule has 332 valence electrons. The highest BCUT2D eigenvalue weighted by atomic mass is 16.6. The second-order valence-electron chi connectivity index (χ2n) is 15.1. The molecule has 0 aromatic rings. The summed E-state index contributed by atoms with van der Waals surface area (Å²) in [6, 6.07) is 0. The molecule has 0 heterocycles. The van der Waals surface area contributed by atoms with Crippen molar-refractivity contribution < 1.29 is 28.6 Å². The van der Waals surface area contributed by atoms with Crippen LogP contribution < -0.4 is 0 Å². The van der Waals surface area contributed by atoms with Gasteiger partial charge in [0, 0.05) is 19.3 Å². The fraction of sp³-hybridized carbons (Fsp3) is 0.604. The topological polar surface area (TPSA) is 78.9 Å². The molecule has 0 fully saturated rings. The van der Waals surface area contributed by atoms with Crippen molar-refractivity contribution in [2.24, 2.45) is 0 Å². The molecule has 6 heteroatoms. The van der Waals surface area contributed by atoms with E-state index in [0.717, 1.165) is 77.0 Å². The van der Waals surface area contributed by atoms with Crippen LogP contribution >= 0.6 is 0 Å². The Kier molecular flexibility index (Phi) is 43.6. The number of allylic oxidation sites excluding steroid dienone is 18. The Bertz CT molecular complexity index is 1260. The Hall–Kier alpha value is -3.93. The molecule has 0 aromatic heterocycles. The summed E-state index contributed by atoms with van der Waals surface area (Å²) in [5.41, 5.74) is 0. The molecule has 0 aliphatic rings. The van der Waals surface area contributed by atoms with Gasteiger partial charge in [-0.1, -0.05) is 226 Å². The maximum Gasteiger partial charge on any atom is 0.306 e. The summed E-state index contributed by atoms with van der Waals surface area (Å²) in [5.74, 6) is -1.02. The minimum atomic E-state index is -0.823. The van der Waals surface area contributed by atoms with E-state index in [4.69, 9.17) is 14.2 Å². The summed E-state index contributed by atoms with van der Waals surface area (Å²) in [7, 11) is 0. The maximum atomic E-state index is 12.7. The third-order valence-electron chi connectivity index (χ3n) is 9.50. The molecule has 0 radical (unpaired) electrons. The van der Waals surface area contributed by atoms with Crippen LogP contribution in [-0.2, 0) is 28.6 Å². The highest BCUT2D eigenvalue weighted by Crippen LogP contribution is 2.14. The predicted molar refractivity (Wildman–Crippen MR) is 251 cm³/mol. The fourth-order valence-electron chi connectivity index (χ4n) is 6.01. The number of unbranched alkanes of at least 4 members (excludes halogenated alkanes) is 18. The molecule has 1 atom stereocenters. The zero-order valence-electron chi connectivity index (χ0n) is 37.7. The van der Waals surface area contributed by atoms with Crippen molar-refractivity contribution in [3.8, 4) is 0 Å². The zero-order valence-corrected chi connectivity index (χ0v) is 37.7. The highest BCUT2D eigenvalue weighted by Gasteiger charge is 2.19. The zero-order chi connectivity index (χ0) is 43.0. The van der Waals surface area contributed by atoms with E-state index in [1.54, 1.807) is 0 Å². The van der Waals surface area contributed by atoms with E-state index < -0.39 is 12.1 Å². The van der Waals surface area contributed by atoms with Gasteiger partial charge in [-0.3, -0.25) is 14.4 Å². The average Bonchev–Trinajstić information content (AvgIpc) is 3.23. The van der Waals surface area contributed by atoms with Crippen molar-refractivity contribution in [2.75, 3.05) is 13.2 Å². The Balaban J connectivity index is 4.55. The van der Waals surface area contributed by atoms with Crippen LogP contribution in [0.5, 0.6) is 0 Å². The van der Waals surface area contributed by atoms with E-state index in [2.05, 4.69) is 51.2 Å². The molecule has 0 rings (SSSR count). The van der Waals surface area contributed by atoms with Crippen molar-refractivity contribution in [3.63, 3.8) is 0 Å². The normalized spacial score (nSPS) is 13.1. The van der Waals surface area contributed by atoms with E-state index in [0.29, 0.717) is 19.3 Å². The second kappa shape index (κ2) is 46.8. The Labute approximate surface area is 361 Å². The van der Waals surface area contributed by atoms with Crippen LogP contribution in [0.3, 0.4) is 0 Å². The third-order valence-corrected chi connectivity index (χ3v) is 9.50. The molecule has 1 unspecified atom stereocenters. The molecule has 0 saturated carbocycles. The lowest BCUT2D eigenvalue weighted by Crippen LogP contribution is -2.30. The first-order valence-electron chi connectivity index (χ1n) is 23.5. The molecule has 0 spiro atoms. The van der Waals surface area contributed by atoms with Gasteiger partial charge in [-0.25, -0.2) is 0 Å². The lowest BCUT2D eigenvalue weighted by molar-refractivity contribution is -0.167. The standard InChI is InChI=1S/C53H84O6/c1-4-7-10-13-16-19-22-25-26-29-31-34-37-40-43-46-52(55)58-49-50(59-53(56)47-44-41-38-35-32-28-24-21-18-15-12-9-6-3)48-57-51(54)45-42-39-36-33-30-27-23-20-17-14-11-8-5-2/h7,9-10,12-13,15-16,18-19,21-22,24-26,28,32,35,38,50H,4-6,8,11,14,17,20,23,27,29-31,33-34,36-37,39-49H2,1-3H3/b10-7-,12-9-,16-13-,18-15-,22-19-,24-21-,26-25-,32-28-,38-35-. The van der Waals surface area contributed by atoms with Gasteiger partial charge < -0.3 is 14.2 Å². The average molecular weight is 817 g/mol. The summed E-state index contributed by atoms with van der Waals surface area (Å²) < 4.78 is 16.6. The fourth-order valence-corrected chi connectivity index (χ4v) is 6.01. The number of ether oxygens (including phenoxy) is 3. The van der Waals surface area contributed by atoms with E-state index >= 15 is 0 Å². The van der Waals surface area contributed by atoms with Gasteiger partial charge in [0.1, 0.15) is 13.2 Å². The van der Waals surface area contributed by atoms with Gasteiger partial charge in [-0.05, 0) is 51.4 Å². The lowest BCUT2D eigenvalue weighted by atomic mass is 10.0. The maximum absolute atomic E-state index is 12.7. The van der Waals surface area contributed by atoms with Gasteiger partial charge in [-0.15, -0.1) is 0 Å². The Morgan fingerprint density at radius 3 is 1.08 bits per heavy atom. The second-order valence-corrected chi connectivity index (χ2v) is 15.1. The summed E-state index contributed by atoms with van der Waals surface area (Å²) >= 11 is 0. The van der Waals surface area contributed by atoms with E-state index in [9.17, 15) is 14.4 Å². The van der Waals surface area contributed by atoms with Crippen molar-refractivity contribution in [3.05, 3.63) is 109 Å². The number of esters is 3. The van der Waals surface area contributed by atoms with Gasteiger partial charge >= 0.3 is 17.9 Å². The number of carbonyl (C=O) groups is 3. The third kappa shape index (κ3) is 45.0. The predicted octanol–water partition coefficient (Wildman–Crippen LogP) is 15.2. The molecule has 59 heavy (non-hydrogen) atoms. The van der Waals surface area contributed by atoms with E-state index in [-0.39, 0.29) is 31.6 Å². The molecule has 0 aromatic carbocycles. The Morgan fingerprint density at radius 1 is 0.356 bits per heavy atom. The molecule has 0 aliphatic carbocycles. The molecule has 0 saturated heterocycles. The van der Waals surface area contributed by atoms with Crippen molar-refractivity contribution in [1.29, 1.82) is 0 Å². The molecule has 0 N–H and O–H groups in total. The van der Waals surface area contributed by atoms with Crippen LogP contribution in [0.15, 0.2) is 109 Å². The first-order valence-corrected chi connectivity index (χ1v) is 23.5. The van der Waals surface area contributed by atoms with Crippen LogP contribution in [-0.4, -0.2) is 37.2 Å². The molecule has 6 nitrogen and oxygen atoms in total. The SMILES string of the molecule is CC\C=C/C=C\C=C/C=C\C=C/CCCC(=O)OC(COC(=O)CCCCCCC\C=C/C=C\C=C/C=C\CC)COC(=O)CCCCCCCCCCCCCCC. The quantitative estimate of drug-likeness (QED) is 0.0265. The number of hydrogen-bond donors (Lipinski definition) is 0. The van der Waals surface area contributed by atoms with Crippen LogP contribution in [0.4, 0.5) is 0 Å². The van der Waals surface area contributed by atoms with Crippen molar-refractivity contribution in [1.82, 2.24) is 0 Å². The summed E-state index contributed by atoms with van der Waals surface area (Å²) in [4.78, 5) is 37.8. The first kappa shape index (κ1) is 55.1. The highest BCUT2D eigenvalue weighted by molar-refractivity contribution is 5.71. The van der Waals surface area contributed by atoms with Gasteiger partial charge in [0.2, 0.25) is 0 Å². The summed E-state index contributed by atoms with van der Waals surface area (Å²) in [5, 5.41) is 0. The number of rotatable bonds is 40. The van der Waals surface area contributed by atoms with Crippen LogP contribution in [0.2, 0.25) is 0 Å². The van der Waals surface area contributed by atoms with E-state index in [1.165, 1.54) is 64.2 Å². The first-order chi connectivity index (χ1) is 29.0. The molecular weight excluding hydrogens is 733 g/mol. The van der Waals surface area contributed by atoms with Gasteiger partial charge in [0.15, 0.2) is 6.10 Å². The molecular formula is C53H84O6. The number of carbonyl (C=O) groups excluding carboxylic acids is 3. The summed E-state index contributed by atoms with van der Waals surface area (Å²) in [6.45, 7) is 6.25. The van der Waals surface area contributed by atoms with Gasteiger partial charge in [0.05, 0.1) is 0 Å². The molecule has 0 aliphatic heterocycles. The lowest BCUT2D eigenvalue weighted by Gasteiger charge is -2.18. The largest absolute Gasteiger partial charge is 0.462 e. The van der Waals surface area contributed by atoms with Gasteiger partial charge in [-0.2, -0.15) is 0 Å². The van der Waals surface area contributed by atoms with Crippen LogP contribution in [0.25, 0.3) is 0 Å². The van der Waals surface area contributed by atoms with Crippen LogP contribution in [0.1, 0.15) is 188 Å². The molecule has 0 amide bonds. The summed E-state index contributed by atoms with van der Waals surface area (Å²) in [6.07, 6.45) is 62.2. The van der Waals surface area contributed by atoms with E-state index in [1.807, 2.05) is 79.0 Å². The van der Waals surface area contributed by atoms with Crippen molar-refractivity contribution in [2.45, 2.75) is 194 Å². The Morgan fingerprint density at radius 2 is 0.678 bits per heavy atom. The monoisotopic (exact) mass is 817 g/mol. The number of hydrogen-bond acceptors (Lipinski definition) is 6. The van der Waals surface area contributed by atoms with Gasteiger partial charge in [0.25, 0.3) is 0 Å². The minimum absolute atomic E-state index is 0.115. The molecule has 0 bridgehead atoms. The minimum Gasteiger partial charge on any atom is -0.462 e.